The molecular weight excluding hydrogens is 334 g/mol. The van der Waals surface area contributed by atoms with Crippen molar-refractivity contribution in [2.24, 2.45) is 0 Å². The molecule has 0 spiro atoms. The fourth-order valence-electron chi connectivity index (χ4n) is 3.06. The van der Waals surface area contributed by atoms with Crippen LogP contribution in [-0.4, -0.2) is 37.1 Å². The predicted molar refractivity (Wildman–Crippen MR) is 102 cm³/mol. The number of carbonyl (C=O) groups is 1. The summed E-state index contributed by atoms with van der Waals surface area (Å²) in [6.45, 7) is 2.43. The molecule has 1 fully saturated rings. The third-order valence-electron chi connectivity index (χ3n) is 4.51. The zero-order chi connectivity index (χ0) is 17.5. The van der Waals surface area contributed by atoms with Gasteiger partial charge >= 0.3 is 6.03 Å². The summed E-state index contributed by atoms with van der Waals surface area (Å²) >= 11 is 1.68. The number of hydrogen-bond acceptors (Lipinski definition) is 4. The monoisotopic (exact) mass is 359 g/mol. The van der Waals surface area contributed by atoms with Crippen LogP contribution < -0.4 is 15.4 Å². The number of thiophene rings is 1. The lowest BCUT2D eigenvalue weighted by molar-refractivity contribution is 0.248. The molecule has 134 valence electrons. The first-order chi connectivity index (χ1) is 12.2. The summed E-state index contributed by atoms with van der Waals surface area (Å²) in [7, 11) is 2.15. The van der Waals surface area contributed by atoms with E-state index in [0.29, 0.717) is 19.2 Å². The van der Waals surface area contributed by atoms with Crippen molar-refractivity contribution in [2.45, 2.75) is 31.9 Å². The highest BCUT2D eigenvalue weighted by atomic mass is 32.1. The van der Waals surface area contributed by atoms with E-state index >= 15 is 0 Å². The number of ether oxygens (including phenoxy) is 1. The van der Waals surface area contributed by atoms with Gasteiger partial charge in [0.05, 0.1) is 0 Å². The highest BCUT2D eigenvalue weighted by Crippen LogP contribution is 2.19. The van der Waals surface area contributed by atoms with Gasteiger partial charge in [0.15, 0.2) is 0 Å². The van der Waals surface area contributed by atoms with E-state index in [1.165, 1.54) is 17.7 Å². The van der Waals surface area contributed by atoms with Gasteiger partial charge in [0.2, 0.25) is 0 Å². The SMILES string of the molecule is CN1CCC[C@@H]1CCNC(=O)Nc1ccc(OCc2cccs2)cc1. The van der Waals surface area contributed by atoms with Crippen LogP contribution >= 0.6 is 11.3 Å². The second kappa shape index (κ2) is 8.87. The summed E-state index contributed by atoms with van der Waals surface area (Å²) in [5.74, 6) is 0.795. The van der Waals surface area contributed by atoms with Crippen LogP contribution in [0.25, 0.3) is 0 Å². The lowest BCUT2D eigenvalue weighted by Crippen LogP contribution is -2.34. The summed E-state index contributed by atoms with van der Waals surface area (Å²) in [5, 5.41) is 7.83. The number of nitrogens with one attached hydrogen (secondary N) is 2. The van der Waals surface area contributed by atoms with Crippen LogP contribution in [-0.2, 0) is 6.61 Å². The van der Waals surface area contributed by atoms with Gasteiger partial charge in [0, 0.05) is 23.2 Å². The van der Waals surface area contributed by atoms with Crippen molar-refractivity contribution < 1.29 is 9.53 Å². The van der Waals surface area contributed by atoms with Crippen LogP contribution in [0.3, 0.4) is 0 Å². The van der Waals surface area contributed by atoms with E-state index < -0.39 is 0 Å². The molecule has 0 radical (unpaired) electrons. The largest absolute Gasteiger partial charge is 0.488 e. The maximum Gasteiger partial charge on any atom is 0.319 e. The van der Waals surface area contributed by atoms with Crippen molar-refractivity contribution in [1.29, 1.82) is 0 Å². The van der Waals surface area contributed by atoms with Gasteiger partial charge in [0.1, 0.15) is 12.4 Å². The second-order valence-corrected chi connectivity index (χ2v) is 7.37. The Labute approximate surface area is 153 Å². The van der Waals surface area contributed by atoms with Gasteiger partial charge in [-0.05, 0) is 68.6 Å². The van der Waals surface area contributed by atoms with E-state index in [-0.39, 0.29) is 6.03 Å². The molecule has 1 aromatic heterocycles. The normalized spacial score (nSPS) is 17.4. The summed E-state index contributed by atoms with van der Waals surface area (Å²) in [6.07, 6.45) is 3.49. The van der Waals surface area contributed by atoms with Crippen LogP contribution in [0.15, 0.2) is 41.8 Å². The Morgan fingerprint density at radius 1 is 1.32 bits per heavy atom. The van der Waals surface area contributed by atoms with Crippen LogP contribution in [0, 0.1) is 0 Å². The summed E-state index contributed by atoms with van der Waals surface area (Å²) in [6, 6.07) is 12.0. The Balaban J connectivity index is 1.37. The molecule has 3 rings (SSSR count). The average molecular weight is 359 g/mol. The molecule has 1 aromatic carbocycles. The first-order valence-corrected chi connectivity index (χ1v) is 9.59. The summed E-state index contributed by atoms with van der Waals surface area (Å²) in [4.78, 5) is 15.5. The molecule has 0 unspecified atom stereocenters. The quantitative estimate of drug-likeness (QED) is 0.787. The molecule has 2 heterocycles. The van der Waals surface area contributed by atoms with Gasteiger partial charge in [-0.25, -0.2) is 4.79 Å². The summed E-state index contributed by atoms with van der Waals surface area (Å²) < 4.78 is 5.72. The summed E-state index contributed by atoms with van der Waals surface area (Å²) in [5.41, 5.74) is 0.763. The highest BCUT2D eigenvalue weighted by molar-refractivity contribution is 7.09. The molecule has 5 nitrogen and oxygen atoms in total. The van der Waals surface area contributed by atoms with Crippen molar-refractivity contribution in [3.05, 3.63) is 46.7 Å². The third kappa shape index (κ3) is 5.47. The molecule has 1 aliphatic heterocycles. The number of anilines is 1. The van der Waals surface area contributed by atoms with E-state index in [1.807, 2.05) is 41.8 Å². The van der Waals surface area contributed by atoms with E-state index in [4.69, 9.17) is 4.74 Å². The van der Waals surface area contributed by atoms with Gasteiger partial charge in [-0.1, -0.05) is 6.07 Å². The number of carbonyl (C=O) groups excluding carboxylic acids is 1. The van der Waals surface area contributed by atoms with E-state index in [9.17, 15) is 4.79 Å². The number of benzene rings is 1. The number of rotatable bonds is 7. The Morgan fingerprint density at radius 2 is 2.16 bits per heavy atom. The Bertz CT molecular complexity index is 658. The lowest BCUT2D eigenvalue weighted by atomic mass is 10.1. The fourth-order valence-corrected chi connectivity index (χ4v) is 3.67. The van der Waals surface area contributed by atoms with Gasteiger partial charge in [0.25, 0.3) is 0 Å². The molecule has 0 aliphatic carbocycles. The first kappa shape index (κ1) is 17.8. The van der Waals surface area contributed by atoms with Crippen LogP contribution in [0.1, 0.15) is 24.1 Å². The molecule has 0 saturated carbocycles. The molecule has 1 atom stereocenters. The second-order valence-electron chi connectivity index (χ2n) is 6.34. The molecule has 2 aromatic rings. The van der Waals surface area contributed by atoms with E-state index in [2.05, 4.69) is 22.6 Å². The minimum atomic E-state index is -0.159. The molecule has 6 heteroatoms. The van der Waals surface area contributed by atoms with Gasteiger partial charge < -0.3 is 20.3 Å². The maximum absolute atomic E-state index is 12.0. The standard InChI is InChI=1S/C19H25N3O2S/c1-22-12-2-4-16(22)10-11-20-19(23)21-15-6-8-17(9-7-15)24-14-18-5-3-13-25-18/h3,5-9,13,16H,2,4,10-12,14H2,1H3,(H2,20,21,23)/t16-/m1/s1. The first-order valence-electron chi connectivity index (χ1n) is 8.71. The van der Waals surface area contributed by atoms with Crippen molar-refractivity contribution in [2.75, 3.05) is 25.5 Å². The van der Waals surface area contributed by atoms with Crippen molar-refractivity contribution in [3.63, 3.8) is 0 Å². The maximum atomic E-state index is 12.0. The van der Waals surface area contributed by atoms with Crippen molar-refractivity contribution in [3.8, 4) is 5.75 Å². The zero-order valence-corrected chi connectivity index (χ0v) is 15.3. The van der Waals surface area contributed by atoms with Gasteiger partial charge in [-0.3, -0.25) is 0 Å². The fraction of sp³-hybridized carbons (Fsp3) is 0.421. The van der Waals surface area contributed by atoms with Gasteiger partial charge in [-0.2, -0.15) is 0 Å². The van der Waals surface area contributed by atoms with Crippen LogP contribution in [0.2, 0.25) is 0 Å². The number of hydrogen-bond donors (Lipinski definition) is 2. The topological polar surface area (TPSA) is 53.6 Å². The lowest BCUT2D eigenvalue weighted by Gasteiger charge is -2.19. The molecular formula is C19H25N3O2S. The van der Waals surface area contributed by atoms with Crippen LogP contribution in [0.5, 0.6) is 5.75 Å². The number of likely N-dealkylation sites (tertiary alicyclic amines) is 1. The van der Waals surface area contributed by atoms with Gasteiger partial charge in [-0.15, -0.1) is 11.3 Å². The Hall–Kier alpha value is -2.05. The molecule has 2 amide bonds. The highest BCUT2D eigenvalue weighted by Gasteiger charge is 2.20. The predicted octanol–water partition coefficient (Wildman–Crippen LogP) is 3.93. The number of urea groups is 1. The Kier molecular flexibility index (Phi) is 6.30. The van der Waals surface area contributed by atoms with E-state index in [1.54, 1.807) is 11.3 Å². The third-order valence-corrected chi connectivity index (χ3v) is 5.36. The molecule has 2 N–H and O–H groups in total. The van der Waals surface area contributed by atoms with Crippen molar-refractivity contribution >= 4 is 23.1 Å². The number of amides is 2. The zero-order valence-electron chi connectivity index (χ0n) is 14.5. The van der Waals surface area contributed by atoms with E-state index in [0.717, 1.165) is 24.4 Å². The van der Waals surface area contributed by atoms with Crippen LogP contribution in [0.4, 0.5) is 10.5 Å². The minimum Gasteiger partial charge on any atom is -0.488 e. The molecule has 25 heavy (non-hydrogen) atoms. The van der Waals surface area contributed by atoms with Crippen molar-refractivity contribution in [1.82, 2.24) is 10.2 Å². The Morgan fingerprint density at radius 3 is 2.84 bits per heavy atom. The number of nitrogens with zero attached hydrogens (tertiary/aromatic N) is 1. The smallest absolute Gasteiger partial charge is 0.319 e. The molecule has 0 bridgehead atoms. The molecule has 1 saturated heterocycles. The average Bonchev–Trinajstić information content (AvgIpc) is 3.26. The molecule has 1 aliphatic rings. The minimum absolute atomic E-state index is 0.159.